The molecule has 1 amide bonds. The number of carbonyl (C=O) groups is 1. The van der Waals surface area contributed by atoms with E-state index < -0.39 is 0 Å². The maximum Gasteiger partial charge on any atom is 0.273 e. The summed E-state index contributed by atoms with van der Waals surface area (Å²) in [6.07, 6.45) is 5.09. The van der Waals surface area contributed by atoms with E-state index in [1.54, 1.807) is 20.3 Å². The van der Waals surface area contributed by atoms with Crippen molar-refractivity contribution in [1.82, 2.24) is 14.9 Å². The molecule has 1 heterocycles. The summed E-state index contributed by atoms with van der Waals surface area (Å²) in [5.74, 6) is 0.400. The summed E-state index contributed by atoms with van der Waals surface area (Å²) < 4.78 is 0. The summed E-state index contributed by atoms with van der Waals surface area (Å²) >= 11 is 0. The van der Waals surface area contributed by atoms with Gasteiger partial charge in [0, 0.05) is 26.1 Å². The Morgan fingerprint density at radius 3 is 2.78 bits per heavy atom. The van der Waals surface area contributed by atoms with Gasteiger partial charge in [-0.15, -0.1) is 0 Å². The second kappa shape index (κ2) is 4.89. The van der Waals surface area contributed by atoms with Gasteiger partial charge in [0.2, 0.25) is 0 Å². The van der Waals surface area contributed by atoms with Crippen molar-refractivity contribution in [3.8, 4) is 0 Å². The van der Waals surface area contributed by atoms with Crippen molar-refractivity contribution >= 4 is 11.7 Å². The number of hydrogen-bond acceptors (Lipinski definition) is 5. The van der Waals surface area contributed by atoms with Crippen LogP contribution in [0.4, 0.5) is 5.82 Å². The first-order valence-corrected chi connectivity index (χ1v) is 5.95. The molecule has 0 radical (unpaired) electrons. The van der Waals surface area contributed by atoms with E-state index in [9.17, 15) is 9.90 Å². The normalized spacial score (nSPS) is 16.2. The average Bonchev–Trinajstić information content (AvgIpc) is 3.16. The number of hydrogen-bond donors (Lipinski definition) is 2. The van der Waals surface area contributed by atoms with Gasteiger partial charge in [0.25, 0.3) is 5.91 Å². The Kier molecular flexibility index (Phi) is 3.47. The van der Waals surface area contributed by atoms with E-state index in [4.69, 9.17) is 0 Å². The quantitative estimate of drug-likeness (QED) is 0.789. The third-order valence-corrected chi connectivity index (χ3v) is 3.20. The zero-order chi connectivity index (χ0) is 13.2. The number of carbonyl (C=O) groups excluding carboxylic acids is 1. The van der Waals surface area contributed by atoms with Crippen LogP contribution in [0.2, 0.25) is 0 Å². The maximum absolute atomic E-state index is 11.7. The van der Waals surface area contributed by atoms with Gasteiger partial charge < -0.3 is 15.3 Å². The van der Waals surface area contributed by atoms with Crippen molar-refractivity contribution in [2.75, 3.05) is 32.6 Å². The lowest BCUT2D eigenvalue weighted by Crippen LogP contribution is -2.24. The second-order valence-electron chi connectivity index (χ2n) is 5.00. The molecule has 0 bridgehead atoms. The standard InChI is InChI=1S/C12H18N4O2/c1-16(2)11(18)9-5-13-6-10(15-9)14-7-12(8-17)3-4-12/h5-6,17H,3-4,7-8H2,1-2H3,(H,14,15). The number of anilines is 1. The molecule has 2 rings (SSSR count). The summed E-state index contributed by atoms with van der Waals surface area (Å²) in [7, 11) is 3.35. The number of amides is 1. The highest BCUT2D eigenvalue weighted by atomic mass is 16.3. The molecule has 0 aliphatic heterocycles. The van der Waals surface area contributed by atoms with Crippen molar-refractivity contribution in [3.05, 3.63) is 18.1 Å². The van der Waals surface area contributed by atoms with E-state index in [1.807, 2.05) is 0 Å². The van der Waals surface area contributed by atoms with Crippen LogP contribution in [0.3, 0.4) is 0 Å². The monoisotopic (exact) mass is 250 g/mol. The Labute approximate surface area is 106 Å². The van der Waals surface area contributed by atoms with Gasteiger partial charge in [-0.1, -0.05) is 0 Å². The molecule has 6 heteroatoms. The lowest BCUT2D eigenvalue weighted by molar-refractivity contribution is 0.0821. The van der Waals surface area contributed by atoms with E-state index in [0.717, 1.165) is 12.8 Å². The maximum atomic E-state index is 11.7. The predicted octanol–water partition coefficient (Wildman–Crippen LogP) is 0.363. The fourth-order valence-electron chi connectivity index (χ4n) is 1.63. The Balaban J connectivity index is 2.01. The van der Waals surface area contributed by atoms with Crippen LogP contribution in [-0.2, 0) is 0 Å². The molecule has 0 spiro atoms. The highest BCUT2D eigenvalue weighted by Crippen LogP contribution is 2.44. The molecule has 1 saturated carbocycles. The molecule has 0 atom stereocenters. The van der Waals surface area contributed by atoms with E-state index in [-0.39, 0.29) is 17.9 Å². The number of aliphatic hydroxyl groups excluding tert-OH is 1. The SMILES string of the molecule is CN(C)C(=O)c1cncc(NCC2(CO)CC2)n1. The molecule has 1 fully saturated rings. The van der Waals surface area contributed by atoms with Gasteiger partial charge in [0.1, 0.15) is 11.5 Å². The molecule has 1 aliphatic rings. The Morgan fingerprint density at radius 1 is 1.50 bits per heavy atom. The van der Waals surface area contributed by atoms with E-state index in [0.29, 0.717) is 18.1 Å². The highest BCUT2D eigenvalue weighted by molar-refractivity contribution is 5.91. The molecule has 2 N–H and O–H groups in total. The number of aliphatic hydroxyl groups is 1. The van der Waals surface area contributed by atoms with E-state index in [1.165, 1.54) is 11.1 Å². The second-order valence-corrected chi connectivity index (χ2v) is 5.00. The number of aromatic nitrogens is 2. The predicted molar refractivity (Wildman–Crippen MR) is 67.3 cm³/mol. The minimum atomic E-state index is -0.172. The minimum Gasteiger partial charge on any atom is -0.396 e. The van der Waals surface area contributed by atoms with Gasteiger partial charge >= 0.3 is 0 Å². The van der Waals surface area contributed by atoms with Gasteiger partial charge in [-0.25, -0.2) is 4.98 Å². The topological polar surface area (TPSA) is 78.4 Å². The van der Waals surface area contributed by atoms with Gasteiger partial charge in [-0.2, -0.15) is 0 Å². The molecular weight excluding hydrogens is 232 g/mol. The third-order valence-electron chi connectivity index (χ3n) is 3.20. The van der Waals surface area contributed by atoms with Crippen molar-refractivity contribution in [2.24, 2.45) is 5.41 Å². The molecule has 6 nitrogen and oxygen atoms in total. The van der Waals surface area contributed by atoms with Crippen LogP contribution in [0.15, 0.2) is 12.4 Å². The Hall–Kier alpha value is -1.69. The first-order valence-electron chi connectivity index (χ1n) is 5.95. The fraction of sp³-hybridized carbons (Fsp3) is 0.583. The molecule has 98 valence electrons. The molecular formula is C12H18N4O2. The van der Waals surface area contributed by atoms with Gasteiger partial charge in [-0.05, 0) is 12.8 Å². The number of rotatable bonds is 5. The lowest BCUT2D eigenvalue weighted by atomic mass is 10.1. The van der Waals surface area contributed by atoms with Gasteiger partial charge in [0.15, 0.2) is 0 Å². The molecule has 1 aromatic heterocycles. The van der Waals surface area contributed by atoms with Crippen LogP contribution < -0.4 is 5.32 Å². The van der Waals surface area contributed by atoms with Crippen LogP contribution in [0, 0.1) is 5.41 Å². The molecule has 0 saturated heterocycles. The summed E-state index contributed by atoms with van der Waals surface area (Å²) in [4.78, 5) is 21.4. The van der Waals surface area contributed by atoms with E-state index >= 15 is 0 Å². The first-order chi connectivity index (χ1) is 8.56. The zero-order valence-corrected chi connectivity index (χ0v) is 10.7. The average molecular weight is 250 g/mol. The minimum absolute atomic E-state index is 0.00322. The van der Waals surface area contributed by atoms with Crippen LogP contribution in [0.25, 0.3) is 0 Å². The summed E-state index contributed by atoms with van der Waals surface area (Å²) in [6.45, 7) is 0.849. The van der Waals surface area contributed by atoms with Crippen molar-refractivity contribution < 1.29 is 9.90 Å². The Morgan fingerprint density at radius 2 is 2.22 bits per heavy atom. The van der Waals surface area contributed by atoms with Crippen LogP contribution >= 0.6 is 0 Å². The lowest BCUT2D eigenvalue weighted by Gasteiger charge is -2.14. The summed E-state index contributed by atoms with van der Waals surface area (Å²) in [5, 5.41) is 12.3. The molecule has 1 aromatic rings. The smallest absolute Gasteiger partial charge is 0.273 e. The first kappa shape index (κ1) is 12.8. The van der Waals surface area contributed by atoms with Crippen molar-refractivity contribution in [2.45, 2.75) is 12.8 Å². The van der Waals surface area contributed by atoms with Crippen molar-refractivity contribution in [1.29, 1.82) is 0 Å². The van der Waals surface area contributed by atoms with Crippen LogP contribution in [-0.4, -0.2) is 53.1 Å². The summed E-state index contributed by atoms with van der Waals surface area (Å²) in [6, 6.07) is 0. The van der Waals surface area contributed by atoms with Crippen LogP contribution in [0.5, 0.6) is 0 Å². The number of nitrogens with one attached hydrogen (secondary N) is 1. The van der Waals surface area contributed by atoms with Gasteiger partial charge in [-0.3, -0.25) is 9.78 Å². The molecule has 0 unspecified atom stereocenters. The largest absolute Gasteiger partial charge is 0.396 e. The van der Waals surface area contributed by atoms with Crippen LogP contribution in [0.1, 0.15) is 23.3 Å². The third kappa shape index (κ3) is 2.76. The van der Waals surface area contributed by atoms with Gasteiger partial charge in [0.05, 0.1) is 19.0 Å². The zero-order valence-electron chi connectivity index (χ0n) is 10.7. The molecule has 0 aromatic carbocycles. The highest BCUT2D eigenvalue weighted by Gasteiger charge is 2.41. The summed E-state index contributed by atoms with van der Waals surface area (Å²) in [5.41, 5.74) is 0.322. The molecule has 18 heavy (non-hydrogen) atoms. The van der Waals surface area contributed by atoms with Crippen molar-refractivity contribution in [3.63, 3.8) is 0 Å². The molecule has 1 aliphatic carbocycles. The Bertz CT molecular complexity index is 443. The fourth-order valence-corrected chi connectivity index (χ4v) is 1.63. The van der Waals surface area contributed by atoms with E-state index in [2.05, 4.69) is 15.3 Å². The number of nitrogens with zero attached hydrogens (tertiary/aromatic N) is 3.